The van der Waals surface area contributed by atoms with E-state index in [2.05, 4.69) is 26.1 Å². The van der Waals surface area contributed by atoms with Gasteiger partial charge >= 0.3 is 0 Å². The van der Waals surface area contributed by atoms with E-state index in [9.17, 15) is 4.79 Å². The Labute approximate surface area is 96.0 Å². The van der Waals surface area contributed by atoms with Gasteiger partial charge in [-0.15, -0.1) is 0 Å². The molecule has 1 aromatic carbocycles. The highest BCUT2D eigenvalue weighted by Gasteiger charge is 2.11. The fourth-order valence-corrected chi connectivity index (χ4v) is 1.24. The molecule has 0 unspecified atom stereocenters. The summed E-state index contributed by atoms with van der Waals surface area (Å²) in [4.78, 5) is 10.9. The second kappa shape index (κ2) is 4.43. The Morgan fingerprint density at radius 2 is 2.00 bits per heavy atom. The molecule has 0 saturated heterocycles. The standard InChI is InChI=1S/C12H19N3O/c1-12(2,3)7-15-10-5-4-8(11(14)16)6-9(10)13/h4-6,15H,7,13H2,1-3H3,(H2,14,16). The Morgan fingerprint density at radius 3 is 2.44 bits per heavy atom. The highest BCUT2D eigenvalue weighted by atomic mass is 16.1. The average Bonchev–Trinajstić information content (AvgIpc) is 2.14. The first-order valence-corrected chi connectivity index (χ1v) is 5.23. The van der Waals surface area contributed by atoms with Crippen LogP contribution in [0.3, 0.4) is 0 Å². The van der Waals surface area contributed by atoms with E-state index in [1.165, 1.54) is 0 Å². The molecule has 5 N–H and O–H groups in total. The van der Waals surface area contributed by atoms with E-state index < -0.39 is 5.91 Å². The zero-order valence-electron chi connectivity index (χ0n) is 10.0. The first-order valence-electron chi connectivity index (χ1n) is 5.23. The van der Waals surface area contributed by atoms with Gasteiger partial charge in [0.05, 0.1) is 11.4 Å². The van der Waals surface area contributed by atoms with Crippen LogP contribution in [0.2, 0.25) is 0 Å². The van der Waals surface area contributed by atoms with Crippen molar-refractivity contribution in [3.8, 4) is 0 Å². The van der Waals surface area contributed by atoms with Crippen molar-refractivity contribution in [1.82, 2.24) is 0 Å². The predicted molar refractivity (Wildman–Crippen MR) is 67.3 cm³/mol. The maximum atomic E-state index is 10.9. The molecular formula is C12H19N3O. The fourth-order valence-electron chi connectivity index (χ4n) is 1.24. The number of hydrogen-bond donors (Lipinski definition) is 3. The van der Waals surface area contributed by atoms with Gasteiger partial charge < -0.3 is 16.8 Å². The average molecular weight is 221 g/mol. The molecule has 1 aromatic rings. The number of hydrogen-bond acceptors (Lipinski definition) is 3. The van der Waals surface area contributed by atoms with Crippen molar-refractivity contribution >= 4 is 17.3 Å². The quantitative estimate of drug-likeness (QED) is 0.681. The summed E-state index contributed by atoms with van der Waals surface area (Å²) in [6, 6.07) is 5.04. The molecule has 0 heterocycles. The lowest BCUT2D eigenvalue weighted by molar-refractivity contribution is 0.100. The summed E-state index contributed by atoms with van der Waals surface area (Å²) in [7, 11) is 0. The third kappa shape index (κ3) is 3.46. The molecule has 1 amide bonds. The first kappa shape index (κ1) is 12.4. The van der Waals surface area contributed by atoms with Gasteiger partial charge in [-0.1, -0.05) is 20.8 Å². The van der Waals surface area contributed by atoms with Crippen molar-refractivity contribution < 1.29 is 4.79 Å². The van der Waals surface area contributed by atoms with E-state index >= 15 is 0 Å². The minimum absolute atomic E-state index is 0.175. The number of nitrogen functional groups attached to an aromatic ring is 1. The normalized spacial score (nSPS) is 11.2. The van der Waals surface area contributed by atoms with Gasteiger partial charge in [-0.2, -0.15) is 0 Å². The summed E-state index contributed by atoms with van der Waals surface area (Å²) < 4.78 is 0. The van der Waals surface area contributed by atoms with Gasteiger partial charge in [0.1, 0.15) is 0 Å². The minimum Gasteiger partial charge on any atom is -0.397 e. The summed E-state index contributed by atoms with van der Waals surface area (Å²) in [5, 5.41) is 3.24. The van der Waals surface area contributed by atoms with Gasteiger partial charge in [0, 0.05) is 12.1 Å². The molecule has 0 atom stereocenters. The minimum atomic E-state index is -0.464. The number of rotatable bonds is 3. The molecule has 0 spiro atoms. The third-order valence-corrected chi connectivity index (χ3v) is 2.15. The van der Waals surface area contributed by atoms with E-state index in [4.69, 9.17) is 11.5 Å². The van der Waals surface area contributed by atoms with Crippen LogP contribution in [-0.4, -0.2) is 12.5 Å². The Hall–Kier alpha value is -1.71. The fraction of sp³-hybridized carbons (Fsp3) is 0.417. The van der Waals surface area contributed by atoms with Crippen LogP contribution < -0.4 is 16.8 Å². The molecule has 4 heteroatoms. The summed E-state index contributed by atoms with van der Waals surface area (Å²) in [5.41, 5.74) is 13.0. The van der Waals surface area contributed by atoms with Gasteiger partial charge in [-0.3, -0.25) is 4.79 Å². The zero-order valence-corrected chi connectivity index (χ0v) is 10.0. The number of primary amides is 1. The van der Waals surface area contributed by atoms with Crippen molar-refractivity contribution in [3.63, 3.8) is 0 Å². The highest BCUT2D eigenvalue weighted by molar-refractivity contribution is 5.94. The van der Waals surface area contributed by atoms with Crippen molar-refractivity contribution in [2.75, 3.05) is 17.6 Å². The Balaban J connectivity index is 2.80. The first-order chi connectivity index (χ1) is 7.29. The molecule has 4 nitrogen and oxygen atoms in total. The molecule has 88 valence electrons. The zero-order chi connectivity index (χ0) is 12.3. The second-order valence-electron chi connectivity index (χ2n) is 5.08. The SMILES string of the molecule is CC(C)(C)CNc1ccc(C(N)=O)cc1N. The largest absolute Gasteiger partial charge is 0.397 e. The smallest absolute Gasteiger partial charge is 0.248 e. The molecular weight excluding hydrogens is 202 g/mol. The molecule has 0 radical (unpaired) electrons. The summed E-state index contributed by atoms with van der Waals surface area (Å²) >= 11 is 0. The molecule has 0 aliphatic rings. The molecule has 0 aliphatic heterocycles. The van der Waals surface area contributed by atoms with Crippen LogP contribution in [-0.2, 0) is 0 Å². The number of anilines is 2. The second-order valence-corrected chi connectivity index (χ2v) is 5.08. The molecule has 0 aliphatic carbocycles. The lowest BCUT2D eigenvalue weighted by Crippen LogP contribution is -2.20. The molecule has 0 fully saturated rings. The lowest BCUT2D eigenvalue weighted by Gasteiger charge is -2.20. The number of nitrogens with two attached hydrogens (primary N) is 2. The molecule has 0 bridgehead atoms. The molecule has 1 rings (SSSR count). The van der Waals surface area contributed by atoms with E-state index in [-0.39, 0.29) is 5.41 Å². The summed E-state index contributed by atoms with van der Waals surface area (Å²) in [6.07, 6.45) is 0. The number of nitrogens with one attached hydrogen (secondary N) is 1. The van der Waals surface area contributed by atoms with Gasteiger partial charge in [0.15, 0.2) is 0 Å². The van der Waals surface area contributed by atoms with Gasteiger partial charge in [0.2, 0.25) is 5.91 Å². The van der Waals surface area contributed by atoms with E-state index in [1.807, 2.05) is 0 Å². The van der Waals surface area contributed by atoms with Crippen LogP contribution >= 0.6 is 0 Å². The van der Waals surface area contributed by atoms with Crippen molar-refractivity contribution in [2.24, 2.45) is 11.1 Å². The maximum Gasteiger partial charge on any atom is 0.248 e. The van der Waals surface area contributed by atoms with Crippen molar-refractivity contribution in [3.05, 3.63) is 23.8 Å². The van der Waals surface area contributed by atoms with E-state index in [1.54, 1.807) is 18.2 Å². The van der Waals surface area contributed by atoms with Crippen LogP contribution in [0.5, 0.6) is 0 Å². The third-order valence-electron chi connectivity index (χ3n) is 2.15. The maximum absolute atomic E-state index is 10.9. The number of carbonyl (C=O) groups excluding carboxylic acids is 1. The monoisotopic (exact) mass is 221 g/mol. The molecule has 0 saturated carbocycles. The van der Waals surface area contributed by atoms with E-state index in [0.717, 1.165) is 12.2 Å². The van der Waals surface area contributed by atoms with Crippen molar-refractivity contribution in [2.45, 2.75) is 20.8 Å². The summed E-state index contributed by atoms with van der Waals surface area (Å²) in [5.74, 6) is -0.464. The lowest BCUT2D eigenvalue weighted by atomic mass is 9.97. The van der Waals surface area contributed by atoms with Crippen LogP contribution in [0.1, 0.15) is 31.1 Å². The van der Waals surface area contributed by atoms with E-state index in [0.29, 0.717) is 11.3 Å². The molecule has 16 heavy (non-hydrogen) atoms. The van der Waals surface area contributed by atoms with Gasteiger partial charge in [0.25, 0.3) is 0 Å². The van der Waals surface area contributed by atoms with Crippen LogP contribution in [0.4, 0.5) is 11.4 Å². The Kier molecular flexibility index (Phi) is 3.42. The van der Waals surface area contributed by atoms with Crippen LogP contribution in [0.25, 0.3) is 0 Å². The van der Waals surface area contributed by atoms with Crippen LogP contribution in [0.15, 0.2) is 18.2 Å². The summed E-state index contributed by atoms with van der Waals surface area (Å²) in [6.45, 7) is 7.21. The van der Waals surface area contributed by atoms with Crippen molar-refractivity contribution in [1.29, 1.82) is 0 Å². The van der Waals surface area contributed by atoms with Gasteiger partial charge in [-0.25, -0.2) is 0 Å². The predicted octanol–water partition coefficient (Wildman–Crippen LogP) is 1.83. The highest BCUT2D eigenvalue weighted by Crippen LogP contribution is 2.22. The Bertz CT molecular complexity index is 394. The topological polar surface area (TPSA) is 81.1 Å². The molecule has 0 aromatic heterocycles. The number of carbonyl (C=O) groups is 1. The van der Waals surface area contributed by atoms with Gasteiger partial charge in [-0.05, 0) is 23.6 Å². The number of amides is 1. The Morgan fingerprint density at radius 1 is 1.38 bits per heavy atom. The van der Waals surface area contributed by atoms with Crippen LogP contribution in [0, 0.1) is 5.41 Å². The number of benzene rings is 1.